The molecule has 0 amide bonds. The minimum absolute atomic E-state index is 0.589. The third kappa shape index (κ3) is 4.40. The molecule has 1 fully saturated rings. The van der Waals surface area contributed by atoms with Crippen molar-refractivity contribution in [2.45, 2.75) is 58.2 Å². The molecule has 0 radical (unpaired) electrons. The molecule has 0 aliphatic carbocycles. The van der Waals surface area contributed by atoms with Gasteiger partial charge in [-0.25, -0.2) is 0 Å². The first kappa shape index (κ1) is 13.9. The lowest BCUT2D eigenvalue weighted by Gasteiger charge is -2.30. The highest BCUT2D eigenvalue weighted by Crippen LogP contribution is 2.13. The summed E-state index contributed by atoms with van der Waals surface area (Å²) >= 11 is 0. The van der Waals surface area contributed by atoms with Gasteiger partial charge in [0.25, 0.3) is 0 Å². The van der Waals surface area contributed by atoms with Crippen LogP contribution in [0.1, 0.15) is 40.0 Å². The second kappa shape index (κ2) is 7.25. The molecule has 0 aromatic carbocycles. The largest absolute Gasteiger partial charge is 0.380 e. The summed E-state index contributed by atoms with van der Waals surface area (Å²) in [6, 6.07) is 1.85. The highest BCUT2D eigenvalue weighted by molar-refractivity contribution is 4.78. The first-order valence-corrected chi connectivity index (χ1v) is 6.68. The van der Waals surface area contributed by atoms with Crippen LogP contribution in [0.3, 0.4) is 0 Å². The Morgan fingerprint density at radius 3 is 2.75 bits per heavy atom. The second-order valence-electron chi connectivity index (χ2n) is 5.13. The maximum atomic E-state index is 5.43. The summed E-state index contributed by atoms with van der Waals surface area (Å²) in [6.07, 6.45) is 3.71. The number of nitrogens with zero attached hydrogens (tertiary/aromatic N) is 1. The summed E-state index contributed by atoms with van der Waals surface area (Å²) in [7, 11) is 2.22. The van der Waals surface area contributed by atoms with Gasteiger partial charge in [-0.15, -0.1) is 0 Å². The highest BCUT2D eigenvalue weighted by Gasteiger charge is 2.23. The molecule has 0 aromatic heterocycles. The molecule has 1 aliphatic heterocycles. The first-order valence-electron chi connectivity index (χ1n) is 6.68. The molecular weight excluding hydrogens is 200 g/mol. The number of likely N-dealkylation sites (N-methyl/N-ethyl adjacent to an activating group) is 1. The Morgan fingerprint density at radius 1 is 1.44 bits per heavy atom. The third-order valence-electron chi connectivity index (χ3n) is 3.66. The first-order chi connectivity index (χ1) is 7.65. The maximum Gasteiger partial charge on any atom is 0.0622 e. The van der Waals surface area contributed by atoms with Crippen molar-refractivity contribution in [3.05, 3.63) is 0 Å². The van der Waals surface area contributed by atoms with Gasteiger partial charge in [0, 0.05) is 31.3 Å². The van der Waals surface area contributed by atoms with Gasteiger partial charge in [-0.05, 0) is 33.7 Å². The van der Waals surface area contributed by atoms with E-state index < -0.39 is 0 Å². The van der Waals surface area contributed by atoms with E-state index in [-0.39, 0.29) is 0 Å². The van der Waals surface area contributed by atoms with Crippen LogP contribution in [0.4, 0.5) is 0 Å². The average Bonchev–Trinajstić information content (AvgIpc) is 2.78. The lowest BCUT2D eigenvalue weighted by molar-refractivity contribution is 0.135. The summed E-state index contributed by atoms with van der Waals surface area (Å²) in [5, 5.41) is 3.61. The Balaban J connectivity index is 2.20. The molecule has 1 saturated heterocycles. The van der Waals surface area contributed by atoms with Gasteiger partial charge < -0.3 is 10.1 Å². The highest BCUT2D eigenvalue weighted by atomic mass is 16.5. The van der Waals surface area contributed by atoms with Crippen molar-refractivity contribution in [1.82, 2.24) is 10.2 Å². The van der Waals surface area contributed by atoms with E-state index in [0.29, 0.717) is 18.1 Å². The summed E-state index contributed by atoms with van der Waals surface area (Å²) in [5.74, 6) is 0. The maximum absolute atomic E-state index is 5.43. The van der Waals surface area contributed by atoms with E-state index in [1.54, 1.807) is 0 Å². The van der Waals surface area contributed by atoms with Crippen molar-refractivity contribution in [3.8, 4) is 0 Å². The average molecular weight is 228 g/mol. The molecule has 96 valence electrons. The van der Waals surface area contributed by atoms with Crippen LogP contribution in [-0.4, -0.2) is 49.8 Å². The van der Waals surface area contributed by atoms with Crippen LogP contribution in [0.15, 0.2) is 0 Å². The lowest BCUT2D eigenvalue weighted by atomic mass is 10.1. The van der Waals surface area contributed by atoms with Crippen molar-refractivity contribution in [1.29, 1.82) is 0 Å². The van der Waals surface area contributed by atoms with Crippen molar-refractivity contribution in [3.63, 3.8) is 0 Å². The fourth-order valence-corrected chi connectivity index (χ4v) is 2.25. The van der Waals surface area contributed by atoms with Gasteiger partial charge in [-0.1, -0.05) is 13.3 Å². The summed E-state index contributed by atoms with van der Waals surface area (Å²) in [4.78, 5) is 2.46. The topological polar surface area (TPSA) is 24.5 Å². The number of hydrogen-bond acceptors (Lipinski definition) is 3. The van der Waals surface area contributed by atoms with E-state index in [4.69, 9.17) is 4.74 Å². The van der Waals surface area contributed by atoms with Crippen molar-refractivity contribution in [2.24, 2.45) is 0 Å². The van der Waals surface area contributed by atoms with E-state index in [1.165, 1.54) is 19.3 Å². The fourth-order valence-electron chi connectivity index (χ4n) is 2.25. The molecule has 0 aromatic rings. The van der Waals surface area contributed by atoms with Gasteiger partial charge >= 0.3 is 0 Å². The molecule has 3 unspecified atom stereocenters. The van der Waals surface area contributed by atoms with Crippen LogP contribution >= 0.6 is 0 Å². The molecular formula is C13H28N2O. The number of rotatable bonds is 7. The zero-order chi connectivity index (χ0) is 12.0. The van der Waals surface area contributed by atoms with Gasteiger partial charge in [0.2, 0.25) is 0 Å². The molecule has 1 heterocycles. The summed E-state index contributed by atoms with van der Waals surface area (Å²) in [6.45, 7) is 9.73. The molecule has 1 aliphatic rings. The molecule has 3 nitrogen and oxygen atoms in total. The SMILES string of the molecule is CCCC(C)NCC(C)N(C)C1CCOC1. The van der Waals surface area contributed by atoms with Gasteiger partial charge in [0.15, 0.2) is 0 Å². The Morgan fingerprint density at radius 2 is 2.19 bits per heavy atom. The molecule has 0 saturated carbocycles. The normalized spacial score (nSPS) is 24.9. The molecule has 3 atom stereocenters. The quantitative estimate of drug-likeness (QED) is 0.720. The molecule has 1 rings (SSSR count). The van der Waals surface area contributed by atoms with Crippen molar-refractivity contribution < 1.29 is 4.74 Å². The van der Waals surface area contributed by atoms with E-state index in [2.05, 4.69) is 38.0 Å². The standard InChI is InChI=1S/C13H28N2O/c1-5-6-11(2)14-9-12(3)15(4)13-7-8-16-10-13/h11-14H,5-10H2,1-4H3. The van der Waals surface area contributed by atoms with E-state index in [9.17, 15) is 0 Å². The molecule has 1 N–H and O–H groups in total. The van der Waals surface area contributed by atoms with E-state index >= 15 is 0 Å². The van der Waals surface area contributed by atoms with Crippen LogP contribution in [0.25, 0.3) is 0 Å². The van der Waals surface area contributed by atoms with Crippen LogP contribution in [0.2, 0.25) is 0 Å². The van der Waals surface area contributed by atoms with Gasteiger partial charge in [-0.2, -0.15) is 0 Å². The van der Waals surface area contributed by atoms with Gasteiger partial charge in [0.1, 0.15) is 0 Å². The Kier molecular flexibility index (Phi) is 6.32. The predicted octanol–water partition coefficient (Wildman–Crippen LogP) is 1.87. The van der Waals surface area contributed by atoms with Crippen molar-refractivity contribution in [2.75, 3.05) is 26.8 Å². The van der Waals surface area contributed by atoms with Gasteiger partial charge in [0.05, 0.1) is 6.61 Å². The number of ether oxygens (including phenoxy) is 1. The second-order valence-corrected chi connectivity index (χ2v) is 5.13. The Bertz CT molecular complexity index is 181. The van der Waals surface area contributed by atoms with E-state index in [1.807, 2.05) is 0 Å². The minimum Gasteiger partial charge on any atom is -0.380 e. The molecule has 16 heavy (non-hydrogen) atoms. The predicted molar refractivity (Wildman–Crippen MR) is 68.8 cm³/mol. The zero-order valence-corrected chi connectivity index (χ0v) is 11.3. The zero-order valence-electron chi connectivity index (χ0n) is 11.3. The van der Waals surface area contributed by atoms with Crippen molar-refractivity contribution >= 4 is 0 Å². The van der Waals surface area contributed by atoms with Crippen LogP contribution < -0.4 is 5.32 Å². The fraction of sp³-hybridized carbons (Fsp3) is 1.00. The van der Waals surface area contributed by atoms with Gasteiger partial charge in [-0.3, -0.25) is 4.90 Å². The Hall–Kier alpha value is -0.120. The molecule has 0 bridgehead atoms. The Labute approximate surface area is 101 Å². The third-order valence-corrected chi connectivity index (χ3v) is 3.66. The molecule has 3 heteroatoms. The number of nitrogens with one attached hydrogen (secondary N) is 1. The summed E-state index contributed by atoms with van der Waals surface area (Å²) in [5.41, 5.74) is 0. The van der Waals surface area contributed by atoms with Crippen LogP contribution in [-0.2, 0) is 4.74 Å². The van der Waals surface area contributed by atoms with E-state index in [0.717, 1.165) is 19.8 Å². The molecule has 0 spiro atoms. The monoisotopic (exact) mass is 228 g/mol. The number of hydrogen-bond donors (Lipinski definition) is 1. The smallest absolute Gasteiger partial charge is 0.0622 e. The summed E-state index contributed by atoms with van der Waals surface area (Å²) < 4.78 is 5.43. The lowest BCUT2D eigenvalue weighted by Crippen LogP contribution is -2.45. The minimum atomic E-state index is 0.589. The van der Waals surface area contributed by atoms with Crippen LogP contribution in [0, 0.1) is 0 Å². The van der Waals surface area contributed by atoms with Crippen LogP contribution in [0.5, 0.6) is 0 Å².